The second-order valence-corrected chi connectivity index (χ2v) is 8.20. The first-order chi connectivity index (χ1) is 14.9. The Morgan fingerprint density at radius 1 is 1.03 bits per heavy atom. The number of halogens is 2. The molecule has 0 unspecified atom stereocenters. The van der Waals surface area contributed by atoms with Crippen LogP contribution in [0.25, 0.3) is 0 Å². The van der Waals surface area contributed by atoms with Gasteiger partial charge in [0, 0.05) is 16.1 Å². The van der Waals surface area contributed by atoms with Gasteiger partial charge in [0.25, 0.3) is 5.91 Å². The van der Waals surface area contributed by atoms with Crippen molar-refractivity contribution in [2.45, 2.75) is 19.0 Å². The van der Waals surface area contributed by atoms with Gasteiger partial charge in [-0.05, 0) is 37.3 Å². The predicted molar refractivity (Wildman–Crippen MR) is 122 cm³/mol. The van der Waals surface area contributed by atoms with Crippen molar-refractivity contribution in [3.8, 4) is 0 Å². The molecule has 1 heterocycles. The zero-order chi connectivity index (χ0) is 22.0. The molecule has 5 nitrogen and oxygen atoms in total. The second kappa shape index (κ2) is 8.92. The standard InChI is InChI=1S/C24H19Cl2N3O2/c1-15-6-5-9-17(12-15)23(30)27-21-22(16-7-3-2-4-8-16)29(28-24(21)31)14-18-10-11-19(25)13-20(18)26/h2-14,21-22H,1H3,(H-,27,28,30,31)/p+1/b29-14-/t21-,22-/m0/s1. The monoisotopic (exact) mass is 452 g/mol. The first-order valence-electron chi connectivity index (χ1n) is 9.73. The van der Waals surface area contributed by atoms with Gasteiger partial charge in [-0.25, -0.2) is 0 Å². The highest BCUT2D eigenvalue weighted by Crippen LogP contribution is 2.26. The van der Waals surface area contributed by atoms with Crippen LogP contribution in [0.5, 0.6) is 0 Å². The molecule has 1 aliphatic rings. The van der Waals surface area contributed by atoms with E-state index < -0.39 is 12.1 Å². The van der Waals surface area contributed by atoms with Gasteiger partial charge in [-0.15, -0.1) is 10.1 Å². The molecular formula is C24H20Cl2N3O2+. The molecule has 0 saturated carbocycles. The lowest BCUT2D eigenvalue weighted by Gasteiger charge is -2.15. The molecule has 0 aliphatic carbocycles. The fraction of sp³-hybridized carbons (Fsp3) is 0.125. The van der Waals surface area contributed by atoms with Crippen molar-refractivity contribution in [2.75, 3.05) is 0 Å². The van der Waals surface area contributed by atoms with E-state index in [2.05, 4.69) is 10.7 Å². The van der Waals surface area contributed by atoms with Crippen molar-refractivity contribution in [2.24, 2.45) is 0 Å². The number of carbonyl (C=O) groups excluding carboxylic acids is 2. The summed E-state index contributed by atoms with van der Waals surface area (Å²) in [5.41, 5.74) is 5.88. The highest BCUT2D eigenvalue weighted by atomic mass is 35.5. The van der Waals surface area contributed by atoms with Gasteiger partial charge in [0.2, 0.25) is 12.3 Å². The molecule has 3 aromatic rings. The predicted octanol–water partition coefficient (Wildman–Crippen LogP) is 4.32. The molecule has 4 rings (SSSR count). The van der Waals surface area contributed by atoms with Crippen molar-refractivity contribution in [3.63, 3.8) is 0 Å². The Morgan fingerprint density at radius 2 is 1.81 bits per heavy atom. The topological polar surface area (TPSA) is 61.2 Å². The van der Waals surface area contributed by atoms with E-state index in [0.717, 1.165) is 11.1 Å². The third-order valence-electron chi connectivity index (χ3n) is 5.09. The summed E-state index contributed by atoms with van der Waals surface area (Å²) in [6, 6.07) is 20.7. The fourth-order valence-corrected chi connectivity index (χ4v) is 4.05. The van der Waals surface area contributed by atoms with Gasteiger partial charge in [-0.2, -0.15) is 0 Å². The van der Waals surface area contributed by atoms with E-state index in [-0.39, 0.29) is 11.8 Å². The number of amides is 2. The Bertz CT molecular complexity index is 1180. The fourth-order valence-electron chi connectivity index (χ4n) is 3.60. The first-order valence-corrected chi connectivity index (χ1v) is 10.5. The molecule has 0 spiro atoms. The SMILES string of the molecule is Cc1cccc(C(=O)N[C@@H]2C(=O)N/[N+](=C\c3ccc(Cl)cc3Cl)[C@H]2c2ccccc2)c1. The largest absolute Gasteiger partial charge is 0.334 e. The van der Waals surface area contributed by atoms with Gasteiger partial charge in [0.15, 0.2) is 6.04 Å². The van der Waals surface area contributed by atoms with E-state index in [1.807, 2.05) is 49.4 Å². The molecule has 3 aromatic carbocycles. The smallest absolute Gasteiger partial charge is 0.304 e. The second-order valence-electron chi connectivity index (χ2n) is 7.35. The minimum absolute atomic E-state index is 0.309. The van der Waals surface area contributed by atoms with E-state index in [0.29, 0.717) is 21.2 Å². The Balaban J connectivity index is 1.71. The molecule has 7 heteroatoms. The Hall–Kier alpha value is -3.15. The van der Waals surface area contributed by atoms with E-state index >= 15 is 0 Å². The molecule has 1 fully saturated rings. The van der Waals surface area contributed by atoms with Crippen molar-refractivity contribution in [3.05, 3.63) is 105 Å². The number of aryl methyl sites for hydroxylation is 1. The van der Waals surface area contributed by atoms with Crippen LogP contribution >= 0.6 is 23.2 Å². The average Bonchev–Trinajstić information content (AvgIpc) is 3.05. The van der Waals surface area contributed by atoms with Gasteiger partial charge < -0.3 is 5.32 Å². The van der Waals surface area contributed by atoms with Crippen LogP contribution in [0.4, 0.5) is 0 Å². The van der Waals surface area contributed by atoms with Gasteiger partial charge in [0.1, 0.15) is 0 Å². The van der Waals surface area contributed by atoms with Gasteiger partial charge in [0.05, 0.1) is 10.6 Å². The summed E-state index contributed by atoms with van der Waals surface area (Å²) < 4.78 is 1.67. The lowest BCUT2D eigenvalue weighted by atomic mass is 9.99. The zero-order valence-electron chi connectivity index (χ0n) is 16.7. The molecular weight excluding hydrogens is 433 g/mol. The molecule has 0 aromatic heterocycles. The normalized spacial score (nSPS) is 19.3. The molecule has 0 bridgehead atoms. The molecule has 2 N–H and O–H groups in total. The van der Waals surface area contributed by atoms with E-state index in [4.69, 9.17) is 23.2 Å². The van der Waals surface area contributed by atoms with Crippen molar-refractivity contribution in [1.82, 2.24) is 10.7 Å². The summed E-state index contributed by atoms with van der Waals surface area (Å²) in [7, 11) is 0. The minimum Gasteiger partial charge on any atom is -0.334 e. The van der Waals surface area contributed by atoms with E-state index in [9.17, 15) is 9.59 Å². The van der Waals surface area contributed by atoms with Crippen LogP contribution in [-0.2, 0) is 4.79 Å². The number of hydrazine groups is 1. The van der Waals surface area contributed by atoms with Crippen LogP contribution < -0.4 is 10.7 Å². The number of hydrazone groups is 1. The lowest BCUT2D eigenvalue weighted by molar-refractivity contribution is -0.596. The molecule has 2 atom stereocenters. The minimum atomic E-state index is -0.794. The zero-order valence-corrected chi connectivity index (χ0v) is 18.2. The maximum absolute atomic E-state index is 12.9. The van der Waals surface area contributed by atoms with Crippen LogP contribution in [0.3, 0.4) is 0 Å². The van der Waals surface area contributed by atoms with Crippen LogP contribution in [0.1, 0.15) is 33.1 Å². The first kappa shape index (κ1) is 21.1. The van der Waals surface area contributed by atoms with Crippen molar-refractivity contribution in [1.29, 1.82) is 0 Å². The maximum Gasteiger partial charge on any atom is 0.304 e. The highest BCUT2D eigenvalue weighted by molar-refractivity contribution is 6.36. The molecule has 2 amide bonds. The van der Waals surface area contributed by atoms with E-state index in [1.54, 1.807) is 41.2 Å². The Morgan fingerprint density at radius 3 is 2.52 bits per heavy atom. The number of nitrogens with zero attached hydrogens (tertiary/aromatic N) is 1. The van der Waals surface area contributed by atoms with Gasteiger partial charge in [-0.3, -0.25) is 9.59 Å². The number of hydrogen-bond donors (Lipinski definition) is 2. The Kier molecular flexibility index (Phi) is 6.07. The van der Waals surface area contributed by atoms with Crippen LogP contribution in [0.15, 0.2) is 72.8 Å². The molecule has 0 radical (unpaired) electrons. The number of carbonyl (C=O) groups is 2. The van der Waals surface area contributed by atoms with Crippen LogP contribution in [-0.4, -0.2) is 28.8 Å². The van der Waals surface area contributed by atoms with Crippen LogP contribution in [0.2, 0.25) is 10.0 Å². The Labute approximate surface area is 190 Å². The summed E-state index contributed by atoms with van der Waals surface area (Å²) >= 11 is 12.3. The van der Waals surface area contributed by atoms with Gasteiger partial charge >= 0.3 is 5.91 Å². The maximum atomic E-state index is 12.9. The molecule has 1 saturated heterocycles. The van der Waals surface area contributed by atoms with Crippen LogP contribution in [0, 0.1) is 6.92 Å². The van der Waals surface area contributed by atoms with Gasteiger partial charge in [-0.1, -0.05) is 71.2 Å². The number of hydrogen-bond acceptors (Lipinski definition) is 2. The number of benzene rings is 3. The summed E-state index contributed by atoms with van der Waals surface area (Å²) in [6.45, 7) is 1.92. The third-order valence-corrected chi connectivity index (χ3v) is 5.65. The lowest BCUT2D eigenvalue weighted by Crippen LogP contribution is -2.42. The summed E-state index contributed by atoms with van der Waals surface area (Å²) in [5, 5.41) is 3.88. The summed E-state index contributed by atoms with van der Waals surface area (Å²) in [5.74, 6) is -0.618. The quantitative estimate of drug-likeness (QED) is 0.579. The molecule has 1 aliphatic heterocycles. The highest BCUT2D eigenvalue weighted by Gasteiger charge is 2.47. The number of rotatable bonds is 4. The van der Waals surface area contributed by atoms with E-state index in [1.165, 1.54) is 0 Å². The number of nitrogens with one attached hydrogen (secondary N) is 2. The summed E-state index contributed by atoms with van der Waals surface area (Å²) in [4.78, 5) is 25.8. The average molecular weight is 453 g/mol. The molecule has 156 valence electrons. The third kappa shape index (κ3) is 4.63. The molecule has 31 heavy (non-hydrogen) atoms. The van der Waals surface area contributed by atoms with Crippen molar-refractivity contribution < 1.29 is 14.3 Å². The van der Waals surface area contributed by atoms with Crippen molar-refractivity contribution >= 4 is 41.2 Å². The summed E-state index contributed by atoms with van der Waals surface area (Å²) in [6.07, 6.45) is 1.74.